The Morgan fingerprint density at radius 1 is 1.40 bits per heavy atom. The minimum absolute atomic E-state index is 0.105. The van der Waals surface area contributed by atoms with Crippen molar-refractivity contribution in [2.45, 2.75) is 0 Å². The average Bonchev–Trinajstić information content (AvgIpc) is 2.66. The van der Waals surface area contributed by atoms with Gasteiger partial charge >= 0.3 is 0 Å². The van der Waals surface area contributed by atoms with Crippen LogP contribution in [0.5, 0.6) is 0 Å². The van der Waals surface area contributed by atoms with E-state index in [1.165, 1.54) is 16.7 Å². The molecule has 0 spiro atoms. The number of thioether (sulfide) groups is 1. The Morgan fingerprint density at radius 2 is 2.15 bits per heavy atom. The van der Waals surface area contributed by atoms with Crippen molar-refractivity contribution >= 4 is 62.8 Å². The fourth-order valence-corrected chi connectivity index (χ4v) is 3.34. The highest BCUT2D eigenvalue weighted by Gasteiger charge is 2.28. The van der Waals surface area contributed by atoms with Crippen molar-refractivity contribution < 1.29 is 4.79 Å². The van der Waals surface area contributed by atoms with E-state index in [0.29, 0.717) is 19.9 Å². The van der Waals surface area contributed by atoms with Crippen LogP contribution in [-0.2, 0) is 4.79 Å². The second-order valence-electron chi connectivity index (χ2n) is 4.29. The zero-order chi connectivity index (χ0) is 14.3. The van der Waals surface area contributed by atoms with Gasteiger partial charge in [-0.05, 0) is 18.2 Å². The van der Waals surface area contributed by atoms with E-state index >= 15 is 0 Å². The molecule has 1 saturated heterocycles. The van der Waals surface area contributed by atoms with Gasteiger partial charge in [-0.15, -0.1) is 0 Å². The first kappa shape index (κ1) is 13.5. The maximum absolute atomic E-state index is 12.0. The monoisotopic (exact) mass is 320 g/mol. The molecule has 2 heterocycles. The summed E-state index contributed by atoms with van der Waals surface area (Å²) < 4.78 is 0.549. The molecule has 1 aromatic heterocycles. The van der Waals surface area contributed by atoms with Gasteiger partial charge in [-0.2, -0.15) is 0 Å². The van der Waals surface area contributed by atoms with Crippen molar-refractivity contribution in [1.82, 2.24) is 9.88 Å². The summed E-state index contributed by atoms with van der Waals surface area (Å²) in [5.74, 6) is -0.105. The van der Waals surface area contributed by atoms with Gasteiger partial charge in [0.25, 0.3) is 5.91 Å². The number of carbonyl (C=O) groups excluding carboxylic acids is 1. The number of para-hydroxylation sites is 1. The number of pyridine rings is 1. The second-order valence-corrected chi connectivity index (χ2v) is 6.37. The quantitative estimate of drug-likeness (QED) is 0.592. The molecule has 3 rings (SSSR count). The van der Waals surface area contributed by atoms with Crippen molar-refractivity contribution in [3.05, 3.63) is 46.0 Å². The minimum atomic E-state index is -0.105. The summed E-state index contributed by atoms with van der Waals surface area (Å²) in [6.07, 6.45) is 1.72. The van der Waals surface area contributed by atoms with E-state index in [-0.39, 0.29) is 5.91 Å². The van der Waals surface area contributed by atoms with Gasteiger partial charge in [0.05, 0.1) is 21.1 Å². The molecule has 0 N–H and O–H groups in total. The molecule has 20 heavy (non-hydrogen) atoms. The zero-order valence-corrected chi connectivity index (χ0v) is 12.9. The highest BCUT2D eigenvalue weighted by atomic mass is 35.5. The number of carbonyl (C=O) groups is 1. The van der Waals surface area contributed by atoms with E-state index in [9.17, 15) is 4.79 Å². The molecule has 6 heteroatoms. The second kappa shape index (κ2) is 5.16. The summed E-state index contributed by atoms with van der Waals surface area (Å²) in [6, 6.07) is 9.38. The van der Waals surface area contributed by atoms with E-state index in [1.54, 1.807) is 19.2 Å². The first-order valence-electron chi connectivity index (χ1n) is 5.83. The van der Waals surface area contributed by atoms with E-state index in [0.717, 1.165) is 10.9 Å². The normalized spacial score (nSPS) is 17.5. The van der Waals surface area contributed by atoms with Crippen molar-refractivity contribution in [1.29, 1.82) is 0 Å². The number of benzene rings is 1. The molecule has 1 aliphatic heterocycles. The Bertz CT molecular complexity index is 773. The highest BCUT2D eigenvalue weighted by Crippen LogP contribution is 2.32. The van der Waals surface area contributed by atoms with Crippen LogP contribution >= 0.6 is 35.6 Å². The summed E-state index contributed by atoms with van der Waals surface area (Å²) in [6.45, 7) is 0. The van der Waals surface area contributed by atoms with Gasteiger partial charge in [-0.3, -0.25) is 9.69 Å². The summed E-state index contributed by atoms with van der Waals surface area (Å²) in [5.41, 5.74) is 1.46. The molecule has 1 aromatic carbocycles. The highest BCUT2D eigenvalue weighted by molar-refractivity contribution is 8.26. The third-order valence-electron chi connectivity index (χ3n) is 2.95. The van der Waals surface area contributed by atoms with Gasteiger partial charge in [0, 0.05) is 12.4 Å². The number of nitrogens with zero attached hydrogens (tertiary/aromatic N) is 2. The smallest absolute Gasteiger partial charge is 0.265 e. The summed E-state index contributed by atoms with van der Waals surface area (Å²) >= 11 is 12.6. The van der Waals surface area contributed by atoms with Crippen LogP contribution in [0.15, 0.2) is 35.2 Å². The van der Waals surface area contributed by atoms with Crippen LogP contribution in [0.2, 0.25) is 5.02 Å². The molecule has 0 saturated carbocycles. The fourth-order valence-electron chi connectivity index (χ4n) is 1.91. The lowest BCUT2D eigenvalue weighted by Crippen LogP contribution is -2.22. The zero-order valence-electron chi connectivity index (χ0n) is 10.5. The van der Waals surface area contributed by atoms with Gasteiger partial charge in [0.1, 0.15) is 4.32 Å². The number of halogens is 1. The van der Waals surface area contributed by atoms with Crippen LogP contribution in [0.1, 0.15) is 5.69 Å². The topological polar surface area (TPSA) is 33.2 Å². The molecule has 100 valence electrons. The predicted molar refractivity (Wildman–Crippen MR) is 87.7 cm³/mol. The molecule has 0 radical (unpaired) electrons. The number of hydrogen-bond acceptors (Lipinski definition) is 4. The molecule has 3 nitrogen and oxygen atoms in total. The van der Waals surface area contributed by atoms with Crippen molar-refractivity contribution in [2.75, 3.05) is 7.05 Å². The van der Waals surface area contributed by atoms with Gasteiger partial charge in [-0.25, -0.2) is 4.98 Å². The third kappa shape index (κ3) is 2.32. The Kier molecular flexibility index (Phi) is 3.50. The Balaban J connectivity index is 2.08. The van der Waals surface area contributed by atoms with Crippen LogP contribution in [0.25, 0.3) is 17.0 Å². The molecule has 0 bridgehead atoms. The van der Waals surface area contributed by atoms with E-state index in [2.05, 4.69) is 4.98 Å². The summed E-state index contributed by atoms with van der Waals surface area (Å²) in [5, 5.41) is 1.52. The number of thiocarbonyl (C=S) groups is 1. The maximum atomic E-state index is 12.0. The van der Waals surface area contributed by atoms with Crippen molar-refractivity contribution in [3.8, 4) is 0 Å². The molecular formula is C14H9ClN2OS2. The average molecular weight is 321 g/mol. The number of fused-ring (bicyclic) bond motifs is 1. The molecule has 0 unspecified atom stereocenters. The molecule has 0 aliphatic carbocycles. The van der Waals surface area contributed by atoms with Gasteiger partial charge in [-0.1, -0.05) is 53.8 Å². The standard InChI is InChI=1S/C14H9ClN2OS2/c1-17-13(18)12(20-14(17)19)7-8-6-10(15)9-4-2-3-5-11(9)16-8/h2-7H,1H3/b12-7+. The van der Waals surface area contributed by atoms with Crippen LogP contribution in [0.3, 0.4) is 0 Å². The minimum Gasteiger partial charge on any atom is -0.296 e. The van der Waals surface area contributed by atoms with E-state index < -0.39 is 0 Å². The first-order valence-corrected chi connectivity index (χ1v) is 7.43. The van der Waals surface area contributed by atoms with E-state index in [4.69, 9.17) is 23.8 Å². The number of aromatic nitrogens is 1. The van der Waals surface area contributed by atoms with Crippen LogP contribution in [0.4, 0.5) is 0 Å². The summed E-state index contributed by atoms with van der Waals surface area (Å²) in [7, 11) is 1.67. The van der Waals surface area contributed by atoms with Crippen LogP contribution in [-0.4, -0.2) is 27.2 Å². The lowest BCUT2D eigenvalue weighted by atomic mass is 10.2. The molecule has 1 amide bonds. The fraction of sp³-hybridized carbons (Fsp3) is 0.0714. The van der Waals surface area contributed by atoms with Gasteiger partial charge in [0.2, 0.25) is 0 Å². The Hall–Kier alpha value is -1.43. The van der Waals surface area contributed by atoms with Crippen LogP contribution < -0.4 is 0 Å². The largest absolute Gasteiger partial charge is 0.296 e. The number of hydrogen-bond donors (Lipinski definition) is 0. The van der Waals surface area contributed by atoms with Crippen molar-refractivity contribution in [2.24, 2.45) is 0 Å². The van der Waals surface area contributed by atoms with Crippen LogP contribution in [0, 0.1) is 0 Å². The van der Waals surface area contributed by atoms with Gasteiger partial charge < -0.3 is 0 Å². The summed E-state index contributed by atoms with van der Waals surface area (Å²) in [4.78, 5) is 18.5. The van der Waals surface area contributed by atoms with Gasteiger partial charge in [0.15, 0.2) is 0 Å². The van der Waals surface area contributed by atoms with Crippen molar-refractivity contribution in [3.63, 3.8) is 0 Å². The SMILES string of the molecule is CN1C(=O)/C(=C\c2cc(Cl)c3ccccc3n2)SC1=S. The Morgan fingerprint density at radius 3 is 2.85 bits per heavy atom. The molecule has 1 aliphatic rings. The molecule has 0 atom stereocenters. The lowest BCUT2D eigenvalue weighted by molar-refractivity contribution is -0.121. The number of rotatable bonds is 1. The van der Waals surface area contributed by atoms with E-state index in [1.807, 2.05) is 24.3 Å². The molecule has 1 fully saturated rings. The molecule has 2 aromatic rings. The lowest BCUT2D eigenvalue weighted by Gasteiger charge is -2.04. The molecular weight excluding hydrogens is 312 g/mol. The first-order chi connectivity index (χ1) is 9.56. The maximum Gasteiger partial charge on any atom is 0.265 e. The number of amides is 1. The third-order valence-corrected chi connectivity index (χ3v) is 4.75. The number of likely N-dealkylation sites (N-methyl/N-ethyl adjacent to an activating group) is 1. The Labute approximate surface area is 130 Å². The predicted octanol–water partition coefficient (Wildman–Crippen LogP) is 3.72.